The average Bonchev–Trinajstić information content (AvgIpc) is 3.38. The molecule has 0 radical (unpaired) electrons. The number of benzene rings is 1. The highest BCUT2D eigenvalue weighted by Crippen LogP contribution is 2.42. The van der Waals surface area contributed by atoms with Gasteiger partial charge in [-0.3, -0.25) is 4.79 Å². The van der Waals surface area contributed by atoms with Crippen molar-refractivity contribution in [2.24, 2.45) is 5.73 Å². The standard InChI is InChI=1S/C20H31NO3/c1-2-3-4-5-6-7-8-9-12-15-23-17-14-11-10-13-16(17)18-19(24-18)20(21)22/h10-11,13-14,18-19H,2-9,12,15H2,1H3,(H2,21,22)/t18-,19+/m0/s1. The Hall–Kier alpha value is -1.55. The molecule has 0 unspecified atom stereocenters. The number of ether oxygens (including phenoxy) is 2. The summed E-state index contributed by atoms with van der Waals surface area (Å²) >= 11 is 0. The normalized spacial score (nSPS) is 19.2. The van der Waals surface area contributed by atoms with Crippen LogP contribution in [0.5, 0.6) is 5.75 Å². The van der Waals surface area contributed by atoms with E-state index in [9.17, 15) is 4.79 Å². The van der Waals surface area contributed by atoms with Crippen molar-refractivity contribution in [3.8, 4) is 5.75 Å². The van der Waals surface area contributed by atoms with Crippen LogP contribution in [0.2, 0.25) is 0 Å². The fourth-order valence-corrected chi connectivity index (χ4v) is 3.01. The zero-order valence-corrected chi connectivity index (χ0v) is 14.8. The van der Waals surface area contributed by atoms with Gasteiger partial charge < -0.3 is 15.2 Å². The predicted molar refractivity (Wildman–Crippen MR) is 96.0 cm³/mol. The Morgan fingerprint density at radius 2 is 1.67 bits per heavy atom. The summed E-state index contributed by atoms with van der Waals surface area (Å²) in [5.41, 5.74) is 6.21. The summed E-state index contributed by atoms with van der Waals surface area (Å²) in [5, 5.41) is 0. The highest BCUT2D eigenvalue weighted by molar-refractivity contribution is 5.82. The maximum Gasteiger partial charge on any atom is 0.249 e. The van der Waals surface area contributed by atoms with Gasteiger partial charge in [0.2, 0.25) is 5.91 Å². The van der Waals surface area contributed by atoms with E-state index in [1.807, 2.05) is 24.3 Å². The monoisotopic (exact) mass is 333 g/mol. The van der Waals surface area contributed by atoms with Gasteiger partial charge in [0.1, 0.15) is 11.9 Å². The minimum absolute atomic E-state index is 0.234. The molecule has 1 amide bonds. The Bertz CT molecular complexity index is 503. The first-order valence-corrected chi connectivity index (χ1v) is 9.40. The van der Waals surface area contributed by atoms with Crippen molar-refractivity contribution in [1.82, 2.24) is 0 Å². The third-order valence-electron chi connectivity index (χ3n) is 4.50. The van der Waals surface area contributed by atoms with Gasteiger partial charge in [-0.15, -0.1) is 0 Å². The zero-order valence-electron chi connectivity index (χ0n) is 14.8. The first-order valence-electron chi connectivity index (χ1n) is 9.40. The number of carbonyl (C=O) groups excluding carboxylic acids is 1. The third-order valence-corrected chi connectivity index (χ3v) is 4.50. The Labute approximate surface area is 145 Å². The van der Waals surface area contributed by atoms with Gasteiger partial charge in [0.05, 0.1) is 6.61 Å². The van der Waals surface area contributed by atoms with E-state index in [1.165, 1.54) is 51.4 Å². The number of nitrogens with two attached hydrogens (primary N) is 1. The molecular formula is C20H31NO3. The summed E-state index contributed by atoms with van der Waals surface area (Å²) in [4.78, 5) is 11.2. The number of epoxide rings is 1. The second kappa shape index (κ2) is 10.3. The molecule has 0 aliphatic carbocycles. The molecule has 4 heteroatoms. The van der Waals surface area contributed by atoms with Crippen molar-refractivity contribution in [1.29, 1.82) is 0 Å². The Kier molecular flexibility index (Phi) is 8.10. The van der Waals surface area contributed by atoms with E-state index in [0.29, 0.717) is 6.61 Å². The van der Waals surface area contributed by atoms with Crippen LogP contribution in [-0.4, -0.2) is 18.6 Å². The van der Waals surface area contributed by atoms with Crippen LogP contribution in [0, 0.1) is 0 Å². The summed E-state index contributed by atoms with van der Waals surface area (Å²) in [6, 6.07) is 7.75. The summed E-state index contributed by atoms with van der Waals surface area (Å²) in [6.07, 6.45) is 10.9. The van der Waals surface area contributed by atoms with E-state index in [-0.39, 0.29) is 6.10 Å². The number of primary amides is 1. The van der Waals surface area contributed by atoms with Gasteiger partial charge >= 0.3 is 0 Å². The maximum atomic E-state index is 11.2. The smallest absolute Gasteiger partial charge is 0.249 e. The van der Waals surface area contributed by atoms with Gasteiger partial charge in [0.25, 0.3) is 0 Å². The second-order valence-electron chi connectivity index (χ2n) is 6.59. The lowest BCUT2D eigenvalue weighted by Gasteiger charge is -2.10. The number of hydrogen-bond donors (Lipinski definition) is 1. The average molecular weight is 333 g/mol. The number of amides is 1. The lowest BCUT2D eigenvalue weighted by atomic mass is 10.1. The summed E-state index contributed by atoms with van der Waals surface area (Å²) in [6.45, 7) is 2.96. The summed E-state index contributed by atoms with van der Waals surface area (Å²) in [7, 11) is 0. The van der Waals surface area contributed by atoms with Crippen molar-refractivity contribution in [2.75, 3.05) is 6.61 Å². The molecule has 1 saturated heterocycles. The van der Waals surface area contributed by atoms with Crippen LogP contribution in [0.1, 0.15) is 76.4 Å². The van der Waals surface area contributed by atoms with Crippen molar-refractivity contribution in [3.05, 3.63) is 29.8 Å². The summed E-state index contributed by atoms with van der Waals surface area (Å²) in [5.74, 6) is 0.402. The number of rotatable bonds is 13. The minimum Gasteiger partial charge on any atom is -0.493 e. The molecule has 1 heterocycles. The number of carbonyl (C=O) groups is 1. The zero-order chi connectivity index (χ0) is 17.2. The third kappa shape index (κ3) is 6.16. The molecule has 2 N–H and O–H groups in total. The highest BCUT2D eigenvalue weighted by Gasteiger charge is 2.46. The Morgan fingerprint density at radius 3 is 2.29 bits per heavy atom. The molecule has 2 rings (SSSR count). The lowest BCUT2D eigenvalue weighted by Crippen LogP contribution is -2.18. The fraction of sp³-hybridized carbons (Fsp3) is 0.650. The van der Waals surface area contributed by atoms with Crippen molar-refractivity contribution in [2.45, 2.75) is 76.9 Å². The molecule has 24 heavy (non-hydrogen) atoms. The van der Waals surface area contributed by atoms with E-state index < -0.39 is 12.0 Å². The van der Waals surface area contributed by atoms with Crippen LogP contribution in [0.3, 0.4) is 0 Å². The fourth-order valence-electron chi connectivity index (χ4n) is 3.01. The molecule has 4 nitrogen and oxygen atoms in total. The summed E-state index contributed by atoms with van der Waals surface area (Å²) < 4.78 is 11.2. The van der Waals surface area contributed by atoms with Crippen LogP contribution in [-0.2, 0) is 9.53 Å². The van der Waals surface area contributed by atoms with Gasteiger partial charge in [-0.25, -0.2) is 0 Å². The van der Waals surface area contributed by atoms with Gasteiger partial charge in [-0.1, -0.05) is 76.5 Å². The van der Waals surface area contributed by atoms with Crippen molar-refractivity contribution >= 4 is 5.91 Å². The molecule has 0 aromatic heterocycles. The van der Waals surface area contributed by atoms with Crippen LogP contribution in [0.15, 0.2) is 24.3 Å². The Morgan fingerprint density at radius 1 is 1.04 bits per heavy atom. The Balaban J connectivity index is 1.59. The molecule has 0 saturated carbocycles. The largest absolute Gasteiger partial charge is 0.493 e. The molecule has 1 aliphatic heterocycles. The van der Waals surface area contributed by atoms with E-state index in [1.54, 1.807) is 0 Å². The van der Waals surface area contributed by atoms with Gasteiger partial charge in [0, 0.05) is 5.56 Å². The van der Waals surface area contributed by atoms with Crippen LogP contribution in [0.25, 0.3) is 0 Å². The molecule has 0 spiro atoms. The van der Waals surface area contributed by atoms with E-state index in [2.05, 4.69) is 6.92 Å². The number of unbranched alkanes of at least 4 members (excludes halogenated alkanes) is 8. The molecule has 1 aromatic rings. The van der Waals surface area contributed by atoms with Gasteiger partial charge in [-0.05, 0) is 12.5 Å². The SMILES string of the molecule is CCCCCCCCCCCOc1ccccc1[C@@H]1O[C@H]1C(N)=O. The second-order valence-corrected chi connectivity index (χ2v) is 6.59. The molecule has 1 aliphatic rings. The van der Waals surface area contributed by atoms with E-state index in [4.69, 9.17) is 15.2 Å². The van der Waals surface area contributed by atoms with Crippen LogP contribution < -0.4 is 10.5 Å². The van der Waals surface area contributed by atoms with E-state index >= 15 is 0 Å². The number of hydrogen-bond acceptors (Lipinski definition) is 3. The first kappa shape index (κ1) is 18.8. The first-order chi connectivity index (χ1) is 11.7. The van der Waals surface area contributed by atoms with Crippen molar-refractivity contribution in [3.63, 3.8) is 0 Å². The molecular weight excluding hydrogens is 302 g/mol. The predicted octanol–water partition coefficient (Wildman–Crippen LogP) is 4.52. The highest BCUT2D eigenvalue weighted by atomic mass is 16.6. The van der Waals surface area contributed by atoms with Crippen molar-refractivity contribution < 1.29 is 14.3 Å². The van der Waals surface area contributed by atoms with Gasteiger partial charge in [-0.2, -0.15) is 0 Å². The molecule has 1 fully saturated rings. The molecule has 1 aromatic carbocycles. The lowest BCUT2D eigenvalue weighted by molar-refractivity contribution is -0.119. The minimum atomic E-state index is -0.498. The molecule has 134 valence electrons. The quantitative estimate of drug-likeness (QED) is 0.426. The maximum absolute atomic E-state index is 11.2. The van der Waals surface area contributed by atoms with E-state index in [0.717, 1.165) is 17.7 Å². The molecule has 0 bridgehead atoms. The van der Waals surface area contributed by atoms with Crippen LogP contribution >= 0.6 is 0 Å². The topological polar surface area (TPSA) is 64.8 Å². The number of para-hydroxylation sites is 1. The van der Waals surface area contributed by atoms with Crippen LogP contribution in [0.4, 0.5) is 0 Å². The molecule has 2 atom stereocenters. The van der Waals surface area contributed by atoms with Gasteiger partial charge in [0.15, 0.2) is 6.10 Å².